The first-order chi connectivity index (χ1) is 8.25. The van der Waals surface area contributed by atoms with Crippen LogP contribution in [0.1, 0.15) is 15.9 Å². The number of sulfonamides is 1. The third-order valence-corrected chi connectivity index (χ3v) is 3.80. The van der Waals surface area contributed by atoms with E-state index in [1.165, 1.54) is 19.1 Å². The van der Waals surface area contributed by atoms with E-state index >= 15 is 0 Å². The molecule has 100 valence electrons. The van der Waals surface area contributed by atoms with Crippen LogP contribution in [-0.4, -0.2) is 32.5 Å². The van der Waals surface area contributed by atoms with E-state index in [1.807, 2.05) is 0 Å². The highest BCUT2D eigenvalue weighted by Gasteiger charge is 2.21. The van der Waals surface area contributed by atoms with Crippen molar-refractivity contribution in [3.63, 3.8) is 0 Å². The van der Waals surface area contributed by atoms with Gasteiger partial charge in [0.1, 0.15) is 0 Å². The standard InChI is InChI=1S/C10H11F2NO4S/c1-6-7(10(14)15)3-2-4-8(6)18(16,17)13-5-9(11)12/h2-4,9,13H,5H2,1H3,(H,14,15). The second kappa shape index (κ2) is 5.40. The molecule has 0 spiro atoms. The van der Waals surface area contributed by atoms with Gasteiger partial charge in [-0.2, -0.15) is 0 Å². The molecule has 0 heterocycles. The lowest BCUT2D eigenvalue weighted by Crippen LogP contribution is -2.29. The van der Waals surface area contributed by atoms with E-state index < -0.39 is 29.0 Å². The number of hydrogen-bond donors (Lipinski definition) is 2. The molecule has 1 rings (SSSR count). The number of benzene rings is 1. The van der Waals surface area contributed by atoms with Crippen molar-refractivity contribution < 1.29 is 27.1 Å². The number of halogens is 2. The number of carbonyl (C=O) groups is 1. The molecule has 0 fully saturated rings. The van der Waals surface area contributed by atoms with Crippen molar-refractivity contribution in [2.45, 2.75) is 18.2 Å². The van der Waals surface area contributed by atoms with Gasteiger partial charge in [-0.3, -0.25) is 0 Å². The number of alkyl halides is 2. The normalized spacial score (nSPS) is 11.8. The van der Waals surface area contributed by atoms with E-state index in [0.29, 0.717) is 0 Å². The fraction of sp³-hybridized carbons (Fsp3) is 0.300. The average Bonchev–Trinajstić information content (AvgIpc) is 2.26. The van der Waals surface area contributed by atoms with Gasteiger partial charge in [0.05, 0.1) is 17.0 Å². The predicted octanol–water partition coefficient (Wildman–Crippen LogP) is 1.24. The fourth-order valence-electron chi connectivity index (χ4n) is 1.39. The highest BCUT2D eigenvalue weighted by molar-refractivity contribution is 7.89. The molecule has 0 aromatic heterocycles. The van der Waals surface area contributed by atoms with Crippen molar-refractivity contribution in [1.82, 2.24) is 4.72 Å². The summed E-state index contributed by atoms with van der Waals surface area (Å²) in [6, 6.07) is 3.65. The number of hydrogen-bond acceptors (Lipinski definition) is 3. The number of rotatable bonds is 5. The lowest BCUT2D eigenvalue weighted by molar-refractivity contribution is 0.0695. The van der Waals surface area contributed by atoms with Gasteiger partial charge in [-0.05, 0) is 24.6 Å². The summed E-state index contributed by atoms with van der Waals surface area (Å²) in [5.41, 5.74) is -0.179. The molecular weight excluding hydrogens is 268 g/mol. The van der Waals surface area contributed by atoms with Gasteiger partial charge in [0.25, 0.3) is 6.43 Å². The van der Waals surface area contributed by atoms with E-state index in [4.69, 9.17) is 5.11 Å². The van der Waals surface area contributed by atoms with Gasteiger partial charge >= 0.3 is 5.97 Å². The lowest BCUT2D eigenvalue weighted by atomic mass is 10.1. The van der Waals surface area contributed by atoms with Gasteiger partial charge in [0.2, 0.25) is 10.0 Å². The van der Waals surface area contributed by atoms with Crippen LogP contribution in [-0.2, 0) is 10.0 Å². The molecule has 1 aromatic carbocycles. The highest BCUT2D eigenvalue weighted by atomic mass is 32.2. The molecular formula is C10H11F2NO4S. The Morgan fingerprint density at radius 2 is 2.06 bits per heavy atom. The summed E-state index contributed by atoms with van der Waals surface area (Å²) in [7, 11) is -4.14. The lowest BCUT2D eigenvalue weighted by Gasteiger charge is -2.10. The third-order valence-electron chi connectivity index (χ3n) is 2.23. The maximum atomic E-state index is 12.0. The molecule has 8 heteroatoms. The first-order valence-corrected chi connectivity index (χ1v) is 6.34. The summed E-state index contributed by atoms with van der Waals surface area (Å²) >= 11 is 0. The minimum absolute atomic E-state index is 0.00627. The van der Waals surface area contributed by atoms with Crippen LogP contribution in [0.25, 0.3) is 0 Å². The topological polar surface area (TPSA) is 83.5 Å². The Balaban J connectivity index is 3.17. The van der Waals surface area contributed by atoms with E-state index in [-0.39, 0.29) is 16.0 Å². The van der Waals surface area contributed by atoms with Gasteiger partial charge in [-0.1, -0.05) is 6.07 Å². The van der Waals surface area contributed by atoms with Crippen molar-refractivity contribution in [2.75, 3.05) is 6.54 Å². The molecule has 0 amide bonds. The van der Waals surface area contributed by atoms with E-state index in [1.54, 1.807) is 4.72 Å². The molecule has 0 bridgehead atoms. The smallest absolute Gasteiger partial charge is 0.335 e. The van der Waals surface area contributed by atoms with Gasteiger partial charge in [-0.15, -0.1) is 0 Å². The maximum absolute atomic E-state index is 12.0. The van der Waals surface area contributed by atoms with Crippen molar-refractivity contribution in [1.29, 1.82) is 0 Å². The largest absolute Gasteiger partial charge is 0.478 e. The second-order valence-electron chi connectivity index (χ2n) is 3.48. The van der Waals surface area contributed by atoms with Crippen LogP contribution in [0.2, 0.25) is 0 Å². The minimum Gasteiger partial charge on any atom is -0.478 e. The van der Waals surface area contributed by atoms with Crippen molar-refractivity contribution >= 4 is 16.0 Å². The van der Waals surface area contributed by atoms with Crippen molar-refractivity contribution in [3.05, 3.63) is 29.3 Å². The molecule has 18 heavy (non-hydrogen) atoms. The second-order valence-corrected chi connectivity index (χ2v) is 5.21. The molecule has 0 atom stereocenters. The molecule has 0 saturated carbocycles. The molecule has 0 radical (unpaired) electrons. The maximum Gasteiger partial charge on any atom is 0.335 e. The zero-order valence-corrected chi connectivity index (χ0v) is 10.2. The Morgan fingerprint density at radius 3 is 2.56 bits per heavy atom. The number of aromatic carboxylic acids is 1. The summed E-state index contributed by atoms with van der Waals surface area (Å²) in [6.45, 7) is 0.291. The SMILES string of the molecule is Cc1c(C(=O)O)cccc1S(=O)(=O)NCC(F)F. The monoisotopic (exact) mass is 279 g/mol. The first kappa shape index (κ1) is 14.5. The molecule has 0 saturated heterocycles. The first-order valence-electron chi connectivity index (χ1n) is 4.86. The summed E-state index contributed by atoms with van der Waals surface area (Å²) in [4.78, 5) is 10.5. The van der Waals surface area contributed by atoms with Crippen LogP contribution in [0.5, 0.6) is 0 Å². The summed E-state index contributed by atoms with van der Waals surface area (Å²) in [5.74, 6) is -1.28. The van der Waals surface area contributed by atoms with Crippen LogP contribution in [0.3, 0.4) is 0 Å². The Bertz CT molecular complexity index is 557. The molecule has 5 nitrogen and oxygen atoms in total. The van der Waals surface area contributed by atoms with Crippen LogP contribution in [0.15, 0.2) is 23.1 Å². The molecule has 2 N–H and O–H groups in total. The Labute approximate surface area is 102 Å². The highest BCUT2D eigenvalue weighted by Crippen LogP contribution is 2.18. The van der Waals surface area contributed by atoms with Gasteiger partial charge in [-0.25, -0.2) is 26.7 Å². The Morgan fingerprint density at radius 1 is 1.44 bits per heavy atom. The molecule has 1 aromatic rings. The quantitative estimate of drug-likeness (QED) is 0.849. The van der Waals surface area contributed by atoms with E-state index in [0.717, 1.165) is 6.07 Å². The van der Waals surface area contributed by atoms with Crippen LogP contribution in [0.4, 0.5) is 8.78 Å². The van der Waals surface area contributed by atoms with Crippen LogP contribution < -0.4 is 4.72 Å². The average molecular weight is 279 g/mol. The fourth-order valence-corrected chi connectivity index (χ4v) is 2.66. The third kappa shape index (κ3) is 3.23. The summed E-state index contributed by atoms with van der Waals surface area (Å²) < 4.78 is 49.0. The summed E-state index contributed by atoms with van der Waals surface area (Å²) in [5, 5.41) is 8.84. The number of carboxylic acid groups (broad SMARTS) is 1. The minimum atomic E-state index is -4.14. The zero-order valence-electron chi connectivity index (χ0n) is 9.35. The predicted molar refractivity (Wildman–Crippen MR) is 59.3 cm³/mol. The molecule has 0 aliphatic carbocycles. The van der Waals surface area contributed by atoms with Crippen LogP contribution >= 0.6 is 0 Å². The zero-order chi connectivity index (χ0) is 13.9. The van der Waals surface area contributed by atoms with E-state index in [9.17, 15) is 22.0 Å². The number of carboxylic acids is 1. The Kier molecular flexibility index (Phi) is 4.36. The van der Waals surface area contributed by atoms with Gasteiger partial charge in [0, 0.05) is 0 Å². The molecule has 0 aliphatic rings. The summed E-state index contributed by atoms with van der Waals surface area (Å²) in [6.07, 6.45) is -2.82. The van der Waals surface area contributed by atoms with Gasteiger partial charge < -0.3 is 5.11 Å². The van der Waals surface area contributed by atoms with E-state index in [2.05, 4.69) is 0 Å². The molecule has 0 unspecified atom stereocenters. The van der Waals surface area contributed by atoms with Crippen LogP contribution in [0, 0.1) is 6.92 Å². The van der Waals surface area contributed by atoms with Gasteiger partial charge in [0.15, 0.2) is 0 Å². The van der Waals surface area contributed by atoms with Crippen molar-refractivity contribution in [2.24, 2.45) is 0 Å². The Hall–Kier alpha value is -1.54. The number of nitrogens with one attached hydrogen (secondary N) is 1. The van der Waals surface area contributed by atoms with Crippen molar-refractivity contribution in [3.8, 4) is 0 Å². The molecule has 0 aliphatic heterocycles.